The first-order valence-corrected chi connectivity index (χ1v) is 6.11. The Labute approximate surface area is 103 Å². The normalized spacial score (nSPS) is 10.5. The summed E-state index contributed by atoms with van der Waals surface area (Å²) < 4.78 is 1.80. The van der Waals surface area contributed by atoms with Crippen molar-refractivity contribution in [3.63, 3.8) is 0 Å². The van der Waals surface area contributed by atoms with Gasteiger partial charge in [-0.3, -0.25) is 9.48 Å². The molecule has 0 aliphatic rings. The molecule has 0 spiro atoms. The van der Waals surface area contributed by atoms with Gasteiger partial charge in [-0.2, -0.15) is 5.10 Å². The lowest BCUT2D eigenvalue weighted by Gasteiger charge is -2.04. The van der Waals surface area contributed by atoms with Gasteiger partial charge in [0.1, 0.15) is 0 Å². The van der Waals surface area contributed by atoms with E-state index >= 15 is 0 Å². The Morgan fingerprint density at radius 2 is 2.24 bits per heavy atom. The quantitative estimate of drug-likeness (QED) is 0.647. The molecule has 2 N–H and O–H groups in total. The van der Waals surface area contributed by atoms with E-state index in [9.17, 15) is 4.79 Å². The van der Waals surface area contributed by atoms with Crippen molar-refractivity contribution in [1.29, 1.82) is 0 Å². The number of carbonyl (C=O) groups is 1. The molecule has 0 fully saturated rings. The van der Waals surface area contributed by atoms with Crippen LogP contribution in [0.25, 0.3) is 0 Å². The van der Waals surface area contributed by atoms with E-state index in [1.807, 2.05) is 26.5 Å². The minimum Gasteiger partial charge on any atom is -0.356 e. The van der Waals surface area contributed by atoms with Crippen LogP contribution in [0.1, 0.15) is 24.8 Å². The molecule has 0 radical (unpaired) electrons. The number of hydrogen-bond acceptors (Lipinski definition) is 3. The zero-order valence-corrected chi connectivity index (χ0v) is 10.7. The van der Waals surface area contributed by atoms with Gasteiger partial charge in [-0.05, 0) is 38.4 Å². The maximum Gasteiger partial charge on any atom is 0.220 e. The number of nitrogens with one attached hydrogen (secondary N) is 2. The Balaban J connectivity index is 2.02. The molecule has 96 valence electrons. The van der Waals surface area contributed by atoms with Crippen LogP contribution in [0.15, 0.2) is 12.4 Å². The van der Waals surface area contributed by atoms with E-state index in [4.69, 9.17) is 0 Å². The van der Waals surface area contributed by atoms with E-state index < -0.39 is 0 Å². The fraction of sp³-hybridized carbons (Fsp3) is 0.667. The fourth-order valence-electron chi connectivity index (χ4n) is 1.64. The van der Waals surface area contributed by atoms with Crippen molar-refractivity contribution < 1.29 is 4.79 Å². The SMILES string of the molecule is CNCCCC(=O)NCCCc1cnn(C)c1. The average Bonchev–Trinajstić information content (AvgIpc) is 2.71. The van der Waals surface area contributed by atoms with E-state index in [1.165, 1.54) is 5.56 Å². The van der Waals surface area contributed by atoms with Crippen molar-refractivity contribution in [3.8, 4) is 0 Å². The second-order valence-corrected chi connectivity index (χ2v) is 4.18. The van der Waals surface area contributed by atoms with Crippen molar-refractivity contribution in [2.45, 2.75) is 25.7 Å². The van der Waals surface area contributed by atoms with Crippen LogP contribution in [0.3, 0.4) is 0 Å². The lowest BCUT2D eigenvalue weighted by Crippen LogP contribution is -2.25. The smallest absolute Gasteiger partial charge is 0.220 e. The number of aromatic nitrogens is 2. The molecule has 1 amide bonds. The van der Waals surface area contributed by atoms with Crippen LogP contribution in [0.4, 0.5) is 0 Å². The van der Waals surface area contributed by atoms with Gasteiger partial charge in [0.2, 0.25) is 5.91 Å². The largest absolute Gasteiger partial charge is 0.356 e. The van der Waals surface area contributed by atoms with Gasteiger partial charge in [0.05, 0.1) is 6.20 Å². The molecule has 5 nitrogen and oxygen atoms in total. The molecule has 1 heterocycles. The summed E-state index contributed by atoms with van der Waals surface area (Å²) in [6.45, 7) is 1.64. The zero-order chi connectivity index (χ0) is 12.5. The number of rotatable bonds is 8. The van der Waals surface area contributed by atoms with Crippen LogP contribution in [0.5, 0.6) is 0 Å². The summed E-state index contributed by atoms with van der Waals surface area (Å²) >= 11 is 0. The van der Waals surface area contributed by atoms with Crippen molar-refractivity contribution in [2.75, 3.05) is 20.1 Å². The fourth-order valence-corrected chi connectivity index (χ4v) is 1.64. The predicted octanol–water partition coefficient (Wildman–Crippen LogP) is 0.469. The highest BCUT2D eigenvalue weighted by atomic mass is 16.1. The average molecular weight is 238 g/mol. The van der Waals surface area contributed by atoms with E-state index in [0.717, 1.165) is 32.4 Å². The van der Waals surface area contributed by atoms with E-state index in [0.29, 0.717) is 6.42 Å². The minimum absolute atomic E-state index is 0.145. The summed E-state index contributed by atoms with van der Waals surface area (Å²) in [5, 5.41) is 10.1. The maximum atomic E-state index is 11.4. The molecular formula is C12H22N4O. The second-order valence-electron chi connectivity index (χ2n) is 4.18. The van der Waals surface area contributed by atoms with Gasteiger partial charge in [-0.25, -0.2) is 0 Å². The molecule has 0 aromatic carbocycles. The molecule has 5 heteroatoms. The van der Waals surface area contributed by atoms with Gasteiger partial charge in [0, 0.05) is 26.2 Å². The Hall–Kier alpha value is -1.36. The van der Waals surface area contributed by atoms with Crippen LogP contribution < -0.4 is 10.6 Å². The monoisotopic (exact) mass is 238 g/mol. The summed E-state index contributed by atoms with van der Waals surface area (Å²) in [5.74, 6) is 0.145. The zero-order valence-electron chi connectivity index (χ0n) is 10.7. The van der Waals surface area contributed by atoms with Gasteiger partial charge in [-0.15, -0.1) is 0 Å². The first-order valence-electron chi connectivity index (χ1n) is 6.11. The first kappa shape index (κ1) is 13.7. The lowest BCUT2D eigenvalue weighted by atomic mass is 10.2. The summed E-state index contributed by atoms with van der Waals surface area (Å²) in [5.41, 5.74) is 1.22. The van der Waals surface area contributed by atoms with Crippen molar-refractivity contribution in [3.05, 3.63) is 18.0 Å². The first-order chi connectivity index (χ1) is 8.22. The molecule has 0 saturated heterocycles. The van der Waals surface area contributed by atoms with Gasteiger partial charge in [0.25, 0.3) is 0 Å². The molecule has 0 unspecified atom stereocenters. The second kappa shape index (κ2) is 7.84. The minimum atomic E-state index is 0.145. The Morgan fingerprint density at radius 3 is 2.88 bits per heavy atom. The third kappa shape index (κ3) is 6.06. The summed E-state index contributed by atoms with van der Waals surface area (Å²) in [6.07, 6.45) is 7.30. The molecule has 0 bridgehead atoms. The molecule has 1 aromatic heterocycles. The predicted molar refractivity (Wildman–Crippen MR) is 67.7 cm³/mol. The summed E-state index contributed by atoms with van der Waals surface area (Å²) in [7, 11) is 3.80. The van der Waals surface area contributed by atoms with Gasteiger partial charge < -0.3 is 10.6 Å². The van der Waals surface area contributed by atoms with E-state index in [1.54, 1.807) is 4.68 Å². The van der Waals surface area contributed by atoms with Crippen LogP contribution in [-0.2, 0) is 18.3 Å². The summed E-state index contributed by atoms with van der Waals surface area (Å²) in [6, 6.07) is 0. The molecule has 0 saturated carbocycles. The summed E-state index contributed by atoms with van der Waals surface area (Å²) in [4.78, 5) is 11.4. The number of aryl methyl sites for hydroxylation is 2. The Morgan fingerprint density at radius 1 is 1.41 bits per heavy atom. The van der Waals surface area contributed by atoms with Crippen LogP contribution in [0.2, 0.25) is 0 Å². The van der Waals surface area contributed by atoms with Crippen LogP contribution in [-0.4, -0.2) is 35.8 Å². The van der Waals surface area contributed by atoms with E-state index in [2.05, 4.69) is 15.7 Å². The Bertz CT molecular complexity index is 335. The Kier molecular flexibility index (Phi) is 6.32. The number of nitrogens with zero attached hydrogens (tertiary/aromatic N) is 2. The van der Waals surface area contributed by atoms with Gasteiger partial charge in [0.15, 0.2) is 0 Å². The molecular weight excluding hydrogens is 216 g/mol. The molecule has 17 heavy (non-hydrogen) atoms. The van der Waals surface area contributed by atoms with Gasteiger partial charge in [-0.1, -0.05) is 0 Å². The molecule has 0 aliphatic heterocycles. The maximum absolute atomic E-state index is 11.4. The topological polar surface area (TPSA) is 59.0 Å². The highest BCUT2D eigenvalue weighted by molar-refractivity contribution is 5.75. The molecule has 0 atom stereocenters. The molecule has 1 rings (SSSR count). The highest BCUT2D eigenvalue weighted by Crippen LogP contribution is 1.99. The number of carbonyl (C=O) groups excluding carboxylic acids is 1. The van der Waals surface area contributed by atoms with Gasteiger partial charge >= 0.3 is 0 Å². The van der Waals surface area contributed by atoms with Crippen molar-refractivity contribution in [2.24, 2.45) is 7.05 Å². The molecule has 1 aromatic rings. The lowest BCUT2D eigenvalue weighted by molar-refractivity contribution is -0.121. The highest BCUT2D eigenvalue weighted by Gasteiger charge is 2.00. The number of hydrogen-bond donors (Lipinski definition) is 2. The number of amides is 1. The molecule has 0 aliphatic carbocycles. The van der Waals surface area contributed by atoms with Crippen LogP contribution >= 0.6 is 0 Å². The van der Waals surface area contributed by atoms with E-state index in [-0.39, 0.29) is 5.91 Å². The van der Waals surface area contributed by atoms with Crippen LogP contribution in [0, 0.1) is 0 Å². The standard InChI is InChI=1S/C12H22N4O/c1-13-7-4-6-12(17)14-8-3-5-11-9-15-16(2)10-11/h9-10,13H,3-8H2,1-2H3,(H,14,17). The van der Waals surface area contributed by atoms with Crippen molar-refractivity contribution in [1.82, 2.24) is 20.4 Å². The third-order valence-corrected chi connectivity index (χ3v) is 2.55. The van der Waals surface area contributed by atoms with Crippen molar-refractivity contribution >= 4 is 5.91 Å². The third-order valence-electron chi connectivity index (χ3n) is 2.55.